The van der Waals surface area contributed by atoms with Crippen LogP contribution in [0.5, 0.6) is 0 Å². The molecule has 0 aliphatic rings. The molecule has 0 amide bonds. The second-order valence-electron chi connectivity index (χ2n) is 14.4. The number of hydrogen-bond acceptors (Lipinski definition) is 4. The first kappa shape index (κ1) is 31.2. The lowest BCUT2D eigenvalue weighted by Crippen LogP contribution is -2.04. The molecule has 9 aromatic carbocycles. The Kier molecular flexibility index (Phi) is 6.76. The largest absolute Gasteiger partial charge is 0.308 e. The number of thiophene rings is 1. The summed E-state index contributed by atoms with van der Waals surface area (Å²) < 4.78 is 4.86. The molecule has 5 heteroatoms. The van der Waals surface area contributed by atoms with Crippen molar-refractivity contribution in [2.24, 2.45) is 0 Å². The van der Waals surface area contributed by atoms with Crippen molar-refractivity contribution in [2.45, 2.75) is 0 Å². The molecule has 0 aliphatic heterocycles. The van der Waals surface area contributed by atoms with Gasteiger partial charge in [0.1, 0.15) is 0 Å². The first-order valence-electron chi connectivity index (χ1n) is 18.9. The predicted molar refractivity (Wildman–Crippen MR) is 236 cm³/mol. The van der Waals surface area contributed by atoms with Gasteiger partial charge in [-0.05, 0) is 74.8 Å². The molecule has 0 saturated heterocycles. The summed E-state index contributed by atoms with van der Waals surface area (Å²) in [5.74, 6) is 1.92. The summed E-state index contributed by atoms with van der Waals surface area (Å²) in [5, 5.41) is 11.7. The molecule has 4 nitrogen and oxygen atoms in total. The fourth-order valence-corrected chi connectivity index (χ4v) is 9.75. The summed E-state index contributed by atoms with van der Waals surface area (Å²) in [6, 6.07) is 65.1. The summed E-state index contributed by atoms with van der Waals surface area (Å²) in [7, 11) is 0. The summed E-state index contributed by atoms with van der Waals surface area (Å²) in [4.78, 5) is 16.3. The lowest BCUT2D eigenvalue weighted by Gasteiger charge is -2.17. The number of benzene rings is 9. The van der Waals surface area contributed by atoms with Gasteiger partial charge in [0.2, 0.25) is 0 Å². The van der Waals surface area contributed by atoms with Crippen LogP contribution in [0, 0.1) is 0 Å². The minimum atomic E-state index is 0.633. The highest BCUT2D eigenvalue weighted by Crippen LogP contribution is 2.43. The van der Waals surface area contributed by atoms with E-state index in [-0.39, 0.29) is 0 Å². The van der Waals surface area contributed by atoms with Crippen LogP contribution in [0.15, 0.2) is 182 Å². The highest BCUT2D eigenvalue weighted by atomic mass is 32.1. The predicted octanol–water partition coefficient (Wildman–Crippen LogP) is 13.8. The fraction of sp³-hybridized carbons (Fsp3) is 0. The monoisotopic (exact) mass is 730 g/mol. The van der Waals surface area contributed by atoms with E-state index < -0.39 is 0 Å². The summed E-state index contributed by atoms with van der Waals surface area (Å²) >= 11 is 1.80. The lowest BCUT2D eigenvalue weighted by molar-refractivity contribution is 1.07. The van der Waals surface area contributed by atoms with Crippen molar-refractivity contribution in [3.8, 4) is 39.9 Å². The molecule has 12 aromatic rings. The van der Waals surface area contributed by atoms with Gasteiger partial charge in [0.25, 0.3) is 0 Å². The van der Waals surface area contributed by atoms with Crippen LogP contribution in [0.3, 0.4) is 0 Å². The third-order valence-corrected chi connectivity index (χ3v) is 12.3. The standard InChI is InChI=1S/C51H30N4S/c1-2-14-33-28-36(25-24-31(33)12-1)49-52-50(40-20-11-23-46-47(40)39-19-8-10-22-45(39)56-46)54-51(53-49)48-37-17-6-5-13-32(37)26-27-43(48)55-42-21-9-7-18-38(42)41-29-34-15-3-4-16-35(34)30-44(41)55/h1-30H. The molecule has 0 N–H and O–H groups in total. The first-order valence-corrected chi connectivity index (χ1v) is 19.7. The van der Waals surface area contributed by atoms with E-state index in [2.05, 4.69) is 187 Å². The van der Waals surface area contributed by atoms with Crippen molar-refractivity contribution in [3.05, 3.63) is 182 Å². The second kappa shape index (κ2) is 12.2. The first-order chi connectivity index (χ1) is 27.7. The smallest absolute Gasteiger partial charge is 0.166 e. The van der Waals surface area contributed by atoms with Crippen LogP contribution in [-0.2, 0) is 0 Å². The molecule has 0 atom stereocenters. The number of fused-ring (bicyclic) bond motifs is 9. The molecular formula is C51H30N4S. The summed E-state index contributed by atoms with van der Waals surface area (Å²) in [6.45, 7) is 0. The van der Waals surface area contributed by atoms with Crippen LogP contribution < -0.4 is 0 Å². The maximum Gasteiger partial charge on any atom is 0.166 e. The van der Waals surface area contributed by atoms with Gasteiger partial charge in [0.15, 0.2) is 17.5 Å². The Balaban J connectivity index is 1.21. The highest BCUT2D eigenvalue weighted by molar-refractivity contribution is 7.25. The number of rotatable bonds is 4. The molecule has 0 bridgehead atoms. The van der Waals surface area contributed by atoms with Gasteiger partial charge in [-0.3, -0.25) is 0 Å². The van der Waals surface area contributed by atoms with E-state index in [4.69, 9.17) is 15.0 Å². The number of para-hydroxylation sites is 1. The van der Waals surface area contributed by atoms with E-state index in [1.54, 1.807) is 11.3 Å². The van der Waals surface area contributed by atoms with Gasteiger partial charge in [0.05, 0.1) is 22.3 Å². The topological polar surface area (TPSA) is 43.6 Å². The second-order valence-corrected chi connectivity index (χ2v) is 15.5. The molecule has 0 spiro atoms. The average Bonchev–Trinajstić information content (AvgIpc) is 3.80. The molecule has 3 heterocycles. The molecule has 0 saturated carbocycles. The van der Waals surface area contributed by atoms with E-state index in [1.807, 2.05) is 0 Å². The van der Waals surface area contributed by atoms with Crippen LogP contribution in [0.1, 0.15) is 0 Å². The molecule has 3 aromatic heterocycles. The quantitative estimate of drug-likeness (QED) is 0.181. The zero-order valence-corrected chi connectivity index (χ0v) is 30.8. The number of aromatic nitrogens is 4. The Labute approximate surface area is 325 Å². The minimum absolute atomic E-state index is 0.633. The van der Waals surface area contributed by atoms with E-state index in [1.165, 1.54) is 47.1 Å². The Bertz CT molecular complexity index is 3560. The Morgan fingerprint density at radius 3 is 1.86 bits per heavy atom. The molecule has 12 rings (SSSR count). The SMILES string of the molecule is c1ccc2cc(-c3nc(-c4c(-n5c6ccccc6c6cc7ccccc7cc65)ccc5ccccc45)nc(-c4cccc5sc6ccccc6c45)n3)ccc2c1. The highest BCUT2D eigenvalue weighted by Gasteiger charge is 2.23. The Morgan fingerprint density at radius 1 is 0.375 bits per heavy atom. The van der Waals surface area contributed by atoms with Crippen molar-refractivity contribution in [1.82, 2.24) is 19.5 Å². The van der Waals surface area contributed by atoms with Gasteiger partial charge < -0.3 is 4.57 Å². The van der Waals surface area contributed by atoms with E-state index in [9.17, 15) is 0 Å². The Hall–Kier alpha value is -7.21. The summed E-state index contributed by atoms with van der Waals surface area (Å²) in [5.41, 5.74) is 6.20. The molecule has 260 valence electrons. The van der Waals surface area contributed by atoms with Crippen LogP contribution in [0.2, 0.25) is 0 Å². The Morgan fingerprint density at radius 2 is 1.00 bits per heavy atom. The number of hydrogen-bond donors (Lipinski definition) is 0. The van der Waals surface area contributed by atoms with Crippen molar-refractivity contribution in [1.29, 1.82) is 0 Å². The molecule has 0 radical (unpaired) electrons. The van der Waals surface area contributed by atoms with Crippen molar-refractivity contribution in [3.63, 3.8) is 0 Å². The molecule has 0 aliphatic carbocycles. The third-order valence-electron chi connectivity index (χ3n) is 11.2. The molecular weight excluding hydrogens is 701 g/mol. The van der Waals surface area contributed by atoms with Gasteiger partial charge in [-0.15, -0.1) is 11.3 Å². The van der Waals surface area contributed by atoms with E-state index >= 15 is 0 Å². The van der Waals surface area contributed by atoms with Gasteiger partial charge in [-0.25, -0.2) is 15.0 Å². The maximum absolute atomic E-state index is 5.50. The van der Waals surface area contributed by atoms with Crippen molar-refractivity contribution >= 4 is 85.6 Å². The van der Waals surface area contributed by atoms with Crippen LogP contribution in [0.4, 0.5) is 0 Å². The van der Waals surface area contributed by atoms with Gasteiger partial charge in [-0.1, -0.05) is 140 Å². The zero-order chi connectivity index (χ0) is 36.7. The van der Waals surface area contributed by atoms with Gasteiger partial charge in [-0.2, -0.15) is 0 Å². The van der Waals surface area contributed by atoms with Crippen LogP contribution >= 0.6 is 11.3 Å². The maximum atomic E-state index is 5.50. The lowest BCUT2D eigenvalue weighted by atomic mass is 10.0. The minimum Gasteiger partial charge on any atom is -0.308 e. The van der Waals surface area contributed by atoms with Gasteiger partial charge >= 0.3 is 0 Å². The summed E-state index contributed by atoms with van der Waals surface area (Å²) in [6.07, 6.45) is 0. The van der Waals surface area contributed by atoms with E-state index in [0.717, 1.165) is 49.6 Å². The van der Waals surface area contributed by atoms with Gasteiger partial charge in [0, 0.05) is 42.1 Å². The van der Waals surface area contributed by atoms with Crippen molar-refractivity contribution < 1.29 is 0 Å². The molecule has 0 fully saturated rings. The number of nitrogens with zero attached hydrogens (tertiary/aromatic N) is 4. The van der Waals surface area contributed by atoms with Crippen molar-refractivity contribution in [2.75, 3.05) is 0 Å². The third kappa shape index (κ3) is 4.75. The zero-order valence-electron chi connectivity index (χ0n) is 30.0. The van der Waals surface area contributed by atoms with Crippen LogP contribution in [0.25, 0.3) is 114 Å². The normalized spacial score (nSPS) is 11.9. The molecule has 56 heavy (non-hydrogen) atoms. The van der Waals surface area contributed by atoms with Crippen LogP contribution in [-0.4, -0.2) is 19.5 Å². The van der Waals surface area contributed by atoms with E-state index in [0.29, 0.717) is 17.5 Å². The fourth-order valence-electron chi connectivity index (χ4n) is 8.62. The average molecular weight is 731 g/mol. The molecule has 0 unspecified atom stereocenters.